The van der Waals surface area contributed by atoms with Gasteiger partial charge in [0.25, 0.3) is 5.91 Å². The molecule has 132 valence electrons. The number of nitrogens with one attached hydrogen (secondary N) is 1. The number of carbonyl (C=O) groups is 1. The molecule has 1 aliphatic heterocycles. The topological polar surface area (TPSA) is 41.6 Å². The second-order valence-electron chi connectivity index (χ2n) is 7.36. The number of ether oxygens (including phenoxy) is 1. The van der Waals surface area contributed by atoms with Crippen LogP contribution >= 0.6 is 0 Å². The maximum absolute atomic E-state index is 12.6. The van der Waals surface area contributed by atoms with Gasteiger partial charge in [0.2, 0.25) is 0 Å². The smallest absolute Gasteiger partial charge is 0.251 e. The maximum Gasteiger partial charge on any atom is 0.251 e. The molecule has 1 aliphatic carbocycles. The Morgan fingerprint density at radius 2 is 1.88 bits per heavy atom. The average molecular weight is 330 g/mol. The zero-order valence-corrected chi connectivity index (χ0v) is 15.0. The highest BCUT2D eigenvalue weighted by Crippen LogP contribution is 2.22. The van der Waals surface area contributed by atoms with Crippen LogP contribution < -0.4 is 5.32 Å². The molecule has 4 nitrogen and oxygen atoms in total. The van der Waals surface area contributed by atoms with E-state index in [1.165, 1.54) is 24.0 Å². The zero-order valence-electron chi connectivity index (χ0n) is 15.0. The third-order valence-electron chi connectivity index (χ3n) is 5.37. The van der Waals surface area contributed by atoms with Crippen LogP contribution in [0.5, 0.6) is 0 Å². The van der Waals surface area contributed by atoms with Gasteiger partial charge in [0.1, 0.15) is 0 Å². The molecule has 0 aromatic heterocycles. The summed E-state index contributed by atoms with van der Waals surface area (Å²) in [6.07, 6.45) is 4.78. The third-order valence-corrected chi connectivity index (χ3v) is 5.37. The van der Waals surface area contributed by atoms with E-state index in [-0.39, 0.29) is 5.91 Å². The fourth-order valence-electron chi connectivity index (χ4n) is 3.87. The number of aryl methyl sites for hydroxylation is 2. The first-order chi connectivity index (χ1) is 11.6. The minimum atomic E-state index is 0.0577. The lowest BCUT2D eigenvalue weighted by Crippen LogP contribution is -2.51. The first-order valence-electron chi connectivity index (χ1n) is 9.37. The van der Waals surface area contributed by atoms with E-state index in [9.17, 15) is 4.79 Å². The van der Waals surface area contributed by atoms with E-state index in [1.54, 1.807) is 0 Å². The van der Waals surface area contributed by atoms with Gasteiger partial charge in [0, 0.05) is 31.2 Å². The van der Waals surface area contributed by atoms with Crippen molar-refractivity contribution in [2.24, 2.45) is 5.92 Å². The number of amides is 1. The molecule has 1 heterocycles. The van der Waals surface area contributed by atoms with Crippen molar-refractivity contribution in [3.05, 3.63) is 34.9 Å². The molecule has 1 atom stereocenters. The van der Waals surface area contributed by atoms with Gasteiger partial charge in [-0.1, -0.05) is 19.9 Å². The second-order valence-corrected chi connectivity index (χ2v) is 7.36. The number of morpholine rings is 1. The van der Waals surface area contributed by atoms with Crippen LogP contribution in [0.15, 0.2) is 18.2 Å². The minimum Gasteiger partial charge on any atom is -0.379 e. The van der Waals surface area contributed by atoms with E-state index in [0.29, 0.717) is 18.5 Å². The Kier molecular flexibility index (Phi) is 5.90. The molecular weight excluding hydrogens is 300 g/mol. The number of nitrogens with zero attached hydrogens (tertiary/aromatic N) is 1. The average Bonchev–Trinajstić information content (AvgIpc) is 2.62. The summed E-state index contributed by atoms with van der Waals surface area (Å²) < 4.78 is 5.45. The van der Waals surface area contributed by atoms with E-state index in [4.69, 9.17) is 4.74 Å². The normalized spacial score (nSPS) is 19.8. The first kappa shape index (κ1) is 17.4. The largest absolute Gasteiger partial charge is 0.379 e. The third kappa shape index (κ3) is 4.17. The molecule has 1 aromatic rings. The molecular formula is C20H30N2O2. The number of fused-ring (bicyclic) bond motifs is 1. The number of rotatable bonds is 5. The Balaban J connectivity index is 1.61. The number of hydrogen-bond acceptors (Lipinski definition) is 3. The summed E-state index contributed by atoms with van der Waals surface area (Å²) in [6.45, 7) is 8.66. The van der Waals surface area contributed by atoms with Gasteiger partial charge in [-0.15, -0.1) is 0 Å². The van der Waals surface area contributed by atoms with Crippen molar-refractivity contribution in [2.45, 2.75) is 45.6 Å². The van der Waals surface area contributed by atoms with Gasteiger partial charge in [0.05, 0.1) is 13.2 Å². The molecule has 1 unspecified atom stereocenters. The predicted octanol–water partition coefficient (Wildman–Crippen LogP) is 2.65. The Bertz CT molecular complexity index is 565. The summed E-state index contributed by atoms with van der Waals surface area (Å²) >= 11 is 0. The van der Waals surface area contributed by atoms with E-state index >= 15 is 0 Å². The van der Waals surface area contributed by atoms with Crippen LogP contribution in [0.2, 0.25) is 0 Å². The van der Waals surface area contributed by atoms with E-state index in [2.05, 4.69) is 36.2 Å². The standard InChI is InChI=1S/C20H30N2O2/c1-15(2)19(22-9-11-24-12-10-22)14-21-20(23)18-8-7-16-5-3-4-6-17(16)13-18/h7-8,13,15,19H,3-6,9-12,14H2,1-2H3,(H,21,23). The summed E-state index contributed by atoms with van der Waals surface area (Å²) in [7, 11) is 0. The molecule has 1 amide bonds. The fourth-order valence-corrected chi connectivity index (χ4v) is 3.87. The van der Waals surface area contributed by atoms with Crippen LogP contribution in [0, 0.1) is 5.92 Å². The Morgan fingerprint density at radius 3 is 2.58 bits per heavy atom. The Hall–Kier alpha value is -1.39. The highest BCUT2D eigenvalue weighted by Gasteiger charge is 2.24. The summed E-state index contributed by atoms with van der Waals surface area (Å²) in [4.78, 5) is 15.0. The van der Waals surface area contributed by atoms with Crippen LogP contribution in [0.25, 0.3) is 0 Å². The number of hydrogen-bond donors (Lipinski definition) is 1. The van der Waals surface area contributed by atoms with E-state index in [0.717, 1.165) is 44.7 Å². The SMILES string of the molecule is CC(C)C(CNC(=O)c1ccc2c(c1)CCCC2)N1CCOCC1. The fraction of sp³-hybridized carbons (Fsp3) is 0.650. The van der Waals surface area contributed by atoms with E-state index < -0.39 is 0 Å². The summed E-state index contributed by atoms with van der Waals surface area (Å²) in [6, 6.07) is 6.60. The van der Waals surface area contributed by atoms with Crippen molar-refractivity contribution in [3.8, 4) is 0 Å². The highest BCUT2D eigenvalue weighted by molar-refractivity contribution is 5.94. The molecule has 4 heteroatoms. The van der Waals surface area contributed by atoms with Gasteiger partial charge >= 0.3 is 0 Å². The minimum absolute atomic E-state index is 0.0577. The van der Waals surface area contributed by atoms with Crippen LogP contribution in [-0.2, 0) is 17.6 Å². The Labute approximate surface area is 145 Å². The Morgan fingerprint density at radius 1 is 1.17 bits per heavy atom. The molecule has 0 saturated carbocycles. The van der Waals surface area contributed by atoms with Gasteiger partial charge in [-0.25, -0.2) is 0 Å². The molecule has 1 fully saturated rings. The van der Waals surface area contributed by atoms with Crippen molar-refractivity contribution in [2.75, 3.05) is 32.8 Å². The number of carbonyl (C=O) groups excluding carboxylic acids is 1. The van der Waals surface area contributed by atoms with Gasteiger partial charge in [-0.3, -0.25) is 9.69 Å². The van der Waals surface area contributed by atoms with Crippen molar-refractivity contribution in [1.29, 1.82) is 0 Å². The number of benzene rings is 1. The summed E-state index contributed by atoms with van der Waals surface area (Å²) in [5, 5.41) is 3.16. The second kappa shape index (κ2) is 8.13. The molecule has 1 N–H and O–H groups in total. The lowest BCUT2D eigenvalue weighted by molar-refractivity contribution is 0.00673. The van der Waals surface area contributed by atoms with Gasteiger partial charge in [0.15, 0.2) is 0 Å². The quantitative estimate of drug-likeness (QED) is 0.902. The molecule has 0 spiro atoms. The molecule has 2 aliphatic rings. The van der Waals surface area contributed by atoms with Crippen molar-refractivity contribution < 1.29 is 9.53 Å². The molecule has 3 rings (SSSR count). The van der Waals surface area contributed by atoms with Gasteiger partial charge in [-0.05, 0) is 54.9 Å². The maximum atomic E-state index is 12.6. The molecule has 0 bridgehead atoms. The monoisotopic (exact) mass is 330 g/mol. The van der Waals surface area contributed by atoms with Crippen LogP contribution in [-0.4, -0.2) is 49.7 Å². The summed E-state index contributed by atoms with van der Waals surface area (Å²) in [5.74, 6) is 0.564. The van der Waals surface area contributed by atoms with Crippen molar-refractivity contribution in [1.82, 2.24) is 10.2 Å². The van der Waals surface area contributed by atoms with Gasteiger partial charge < -0.3 is 10.1 Å². The summed E-state index contributed by atoms with van der Waals surface area (Å²) in [5.41, 5.74) is 3.59. The zero-order chi connectivity index (χ0) is 16.9. The molecule has 24 heavy (non-hydrogen) atoms. The van der Waals surface area contributed by atoms with Crippen molar-refractivity contribution >= 4 is 5.91 Å². The molecule has 0 radical (unpaired) electrons. The van der Waals surface area contributed by atoms with Crippen LogP contribution in [0.1, 0.15) is 48.2 Å². The lowest BCUT2D eigenvalue weighted by Gasteiger charge is -2.36. The van der Waals surface area contributed by atoms with Crippen LogP contribution in [0.4, 0.5) is 0 Å². The predicted molar refractivity (Wildman–Crippen MR) is 96.4 cm³/mol. The van der Waals surface area contributed by atoms with Gasteiger partial charge in [-0.2, -0.15) is 0 Å². The molecule has 1 aromatic carbocycles. The van der Waals surface area contributed by atoms with E-state index in [1.807, 2.05) is 6.07 Å². The lowest BCUT2D eigenvalue weighted by atomic mass is 9.90. The first-order valence-corrected chi connectivity index (χ1v) is 9.37. The molecule has 1 saturated heterocycles. The van der Waals surface area contributed by atoms with Crippen molar-refractivity contribution in [3.63, 3.8) is 0 Å². The van der Waals surface area contributed by atoms with Crippen LogP contribution in [0.3, 0.4) is 0 Å². The highest BCUT2D eigenvalue weighted by atomic mass is 16.5.